The number of para-hydroxylation sites is 1. The van der Waals surface area contributed by atoms with Crippen LogP contribution in [0.15, 0.2) is 82.7 Å². The van der Waals surface area contributed by atoms with Gasteiger partial charge >= 0.3 is 6.03 Å². The third-order valence-electron chi connectivity index (χ3n) is 6.77. The number of rotatable bonds is 5. The topological polar surface area (TPSA) is 108 Å². The number of methoxy groups -OCH3 is 1. The monoisotopic (exact) mass is 566 g/mol. The van der Waals surface area contributed by atoms with Crippen LogP contribution in [0, 0.1) is 0 Å². The standard InChI is InChI=1S/C28H27ClN4O5S/c1-38-23-9-4-3-8-22(23)27-31-25(18-10-12-21(13-11-18)39(2,36)37)26(19-6-5-7-20(29)16-19)33(27)28(35)32-15-14-30-24(34)17-32/h3-13,16,25-26H,14-15,17H2,1-2H3,(H,30,34). The van der Waals surface area contributed by atoms with E-state index in [2.05, 4.69) is 5.32 Å². The molecule has 0 aromatic heterocycles. The van der Waals surface area contributed by atoms with E-state index in [0.717, 1.165) is 11.8 Å². The van der Waals surface area contributed by atoms with Crippen molar-refractivity contribution in [3.63, 3.8) is 0 Å². The fraction of sp³-hybridized carbons (Fsp3) is 0.250. The summed E-state index contributed by atoms with van der Waals surface area (Å²) < 4.78 is 29.8. The van der Waals surface area contributed by atoms with Gasteiger partial charge in [0, 0.05) is 24.4 Å². The number of carbonyl (C=O) groups is 2. The molecule has 9 nitrogen and oxygen atoms in total. The van der Waals surface area contributed by atoms with Crippen LogP contribution >= 0.6 is 11.6 Å². The smallest absolute Gasteiger partial charge is 0.326 e. The largest absolute Gasteiger partial charge is 0.496 e. The molecule has 1 saturated heterocycles. The Morgan fingerprint density at radius 3 is 2.46 bits per heavy atom. The van der Waals surface area contributed by atoms with Gasteiger partial charge in [0.15, 0.2) is 9.84 Å². The molecule has 1 N–H and O–H groups in total. The number of halogens is 1. The van der Waals surface area contributed by atoms with Gasteiger partial charge in [-0.3, -0.25) is 14.7 Å². The van der Waals surface area contributed by atoms with Crippen LogP contribution < -0.4 is 10.1 Å². The first-order valence-corrected chi connectivity index (χ1v) is 14.6. The number of benzene rings is 3. The molecular weight excluding hydrogens is 540 g/mol. The lowest BCUT2D eigenvalue weighted by molar-refractivity contribution is -0.123. The molecule has 2 aliphatic heterocycles. The van der Waals surface area contributed by atoms with E-state index >= 15 is 0 Å². The Hall–Kier alpha value is -3.89. The van der Waals surface area contributed by atoms with Gasteiger partial charge in [-0.2, -0.15) is 0 Å². The minimum atomic E-state index is -3.40. The van der Waals surface area contributed by atoms with Gasteiger partial charge < -0.3 is 15.0 Å². The predicted octanol–water partition coefficient (Wildman–Crippen LogP) is 3.85. The van der Waals surface area contributed by atoms with Crippen molar-refractivity contribution in [3.8, 4) is 5.75 Å². The van der Waals surface area contributed by atoms with E-state index in [1.807, 2.05) is 24.3 Å². The average molecular weight is 567 g/mol. The van der Waals surface area contributed by atoms with Gasteiger partial charge in [-0.1, -0.05) is 48.0 Å². The summed E-state index contributed by atoms with van der Waals surface area (Å²) >= 11 is 6.39. The zero-order valence-electron chi connectivity index (χ0n) is 21.4. The van der Waals surface area contributed by atoms with Crippen molar-refractivity contribution in [1.29, 1.82) is 0 Å². The molecule has 3 amide bonds. The molecule has 2 unspecified atom stereocenters. The fourth-order valence-corrected chi connectivity index (χ4v) is 5.75. The van der Waals surface area contributed by atoms with E-state index in [0.29, 0.717) is 40.8 Å². The third kappa shape index (κ3) is 5.35. The summed E-state index contributed by atoms with van der Waals surface area (Å²) in [4.78, 5) is 34.7. The molecule has 11 heteroatoms. The number of hydrogen-bond acceptors (Lipinski definition) is 6. The van der Waals surface area contributed by atoms with E-state index < -0.39 is 21.9 Å². The number of nitrogens with one attached hydrogen (secondary N) is 1. The van der Waals surface area contributed by atoms with Crippen LogP contribution in [0.1, 0.15) is 28.8 Å². The van der Waals surface area contributed by atoms with Crippen molar-refractivity contribution in [2.45, 2.75) is 17.0 Å². The molecule has 39 heavy (non-hydrogen) atoms. The number of hydrogen-bond donors (Lipinski definition) is 1. The van der Waals surface area contributed by atoms with Crippen LogP contribution in [-0.2, 0) is 14.6 Å². The van der Waals surface area contributed by atoms with Gasteiger partial charge in [0.2, 0.25) is 5.91 Å². The lowest BCUT2D eigenvalue weighted by Gasteiger charge is -2.35. The number of carbonyl (C=O) groups excluding carboxylic acids is 2. The van der Waals surface area contributed by atoms with Crippen LogP contribution in [0.3, 0.4) is 0 Å². The zero-order valence-corrected chi connectivity index (χ0v) is 22.9. The molecule has 5 rings (SSSR count). The van der Waals surface area contributed by atoms with Crippen LogP contribution in [0.5, 0.6) is 5.75 Å². The highest BCUT2D eigenvalue weighted by Crippen LogP contribution is 2.45. The minimum Gasteiger partial charge on any atom is -0.496 e. The Labute approximate surface area is 232 Å². The summed E-state index contributed by atoms with van der Waals surface area (Å²) in [6.07, 6.45) is 1.15. The first kappa shape index (κ1) is 26.7. The summed E-state index contributed by atoms with van der Waals surface area (Å²) in [5, 5.41) is 3.25. The van der Waals surface area contributed by atoms with Gasteiger partial charge in [-0.25, -0.2) is 13.2 Å². The van der Waals surface area contributed by atoms with Crippen molar-refractivity contribution in [1.82, 2.24) is 15.1 Å². The second-order valence-electron chi connectivity index (χ2n) is 9.36. The Kier molecular flexibility index (Phi) is 7.33. The Morgan fingerprint density at radius 2 is 1.79 bits per heavy atom. The average Bonchev–Trinajstić information content (AvgIpc) is 3.32. The van der Waals surface area contributed by atoms with Gasteiger partial charge in [0.05, 0.1) is 23.6 Å². The molecule has 1 fully saturated rings. The maximum atomic E-state index is 14.2. The molecule has 0 saturated carbocycles. The lowest BCUT2D eigenvalue weighted by Crippen LogP contribution is -2.55. The second kappa shape index (κ2) is 10.7. The number of sulfone groups is 1. The first-order valence-electron chi connectivity index (χ1n) is 12.3. The highest BCUT2D eigenvalue weighted by Gasteiger charge is 2.45. The molecule has 3 aromatic rings. The summed E-state index contributed by atoms with van der Waals surface area (Å²) in [5.41, 5.74) is 2.06. The third-order valence-corrected chi connectivity index (χ3v) is 8.13. The van der Waals surface area contributed by atoms with E-state index in [9.17, 15) is 18.0 Å². The molecule has 0 bridgehead atoms. The van der Waals surface area contributed by atoms with E-state index in [1.54, 1.807) is 48.4 Å². The molecule has 202 valence electrons. The van der Waals surface area contributed by atoms with Crippen molar-refractivity contribution in [3.05, 3.63) is 94.5 Å². The van der Waals surface area contributed by atoms with Gasteiger partial charge in [-0.05, 0) is 47.5 Å². The molecule has 2 aliphatic rings. The molecule has 2 atom stereocenters. The maximum Gasteiger partial charge on any atom is 0.326 e. The quantitative estimate of drug-likeness (QED) is 0.505. The number of urea groups is 1. The molecule has 0 radical (unpaired) electrons. The molecule has 0 aliphatic carbocycles. The van der Waals surface area contributed by atoms with Gasteiger partial charge in [-0.15, -0.1) is 0 Å². The number of aliphatic imine (C=N–C) groups is 1. The summed E-state index contributed by atoms with van der Waals surface area (Å²) in [5.74, 6) is 0.672. The maximum absolute atomic E-state index is 14.2. The van der Waals surface area contributed by atoms with E-state index in [4.69, 9.17) is 21.3 Å². The second-order valence-corrected chi connectivity index (χ2v) is 11.8. The summed E-state index contributed by atoms with van der Waals surface area (Å²) in [7, 11) is -1.85. The summed E-state index contributed by atoms with van der Waals surface area (Å²) in [6.45, 7) is 0.610. The lowest BCUT2D eigenvalue weighted by atomic mass is 9.93. The molecular formula is C28H27ClN4O5S. The van der Waals surface area contributed by atoms with Crippen LogP contribution in [-0.4, -0.2) is 69.0 Å². The Morgan fingerprint density at radius 1 is 1.05 bits per heavy atom. The minimum absolute atomic E-state index is 0.0788. The first-order chi connectivity index (χ1) is 18.7. The molecule has 0 spiro atoms. The highest BCUT2D eigenvalue weighted by molar-refractivity contribution is 7.90. The van der Waals surface area contributed by atoms with E-state index in [-0.39, 0.29) is 23.4 Å². The van der Waals surface area contributed by atoms with Gasteiger partial charge in [0.1, 0.15) is 24.2 Å². The van der Waals surface area contributed by atoms with Crippen molar-refractivity contribution in [2.75, 3.05) is 33.0 Å². The Bertz CT molecular complexity index is 1560. The zero-order chi connectivity index (χ0) is 27.7. The van der Waals surface area contributed by atoms with E-state index in [1.165, 1.54) is 17.0 Å². The molecule has 3 aromatic carbocycles. The van der Waals surface area contributed by atoms with Crippen LogP contribution in [0.25, 0.3) is 0 Å². The number of amides is 3. The van der Waals surface area contributed by atoms with Crippen molar-refractivity contribution < 1.29 is 22.7 Å². The number of ether oxygens (including phenoxy) is 1. The Balaban J connectivity index is 1.70. The number of nitrogens with zero attached hydrogens (tertiary/aromatic N) is 3. The van der Waals surface area contributed by atoms with Crippen LogP contribution in [0.4, 0.5) is 4.79 Å². The number of amidine groups is 1. The normalized spacial score (nSPS) is 19.5. The van der Waals surface area contributed by atoms with Gasteiger partial charge in [0.25, 0.3) is 0 Å². The summed E-state index contributed by atoms with van der Waals surface area (Å²) in [6, 6.07) is 19.4. The highest BCUT2D eigenvalue weighted by atomic mass is 35.5. The number of piperazine rings is 1. The van der Waals surface area contributed by atoms with Crippen LogP contribution in [0.2, 0.25) is 5.02 Å². The predicted molar refractivity (Wildman–Crippen MR) is 148 cm³/mol. The van der Waals surface area contributed by atoms with Crippen molar-refractivity contribution in [2.24, 2.45) is 4.99 Å². The fourth-order valence-electron chi connectivity index (χ4n) is 4.92. The van der Waals surface area contributed by atoms with Crippen molar-refractivity contribution >= 4 is 39.2 Å². The molecule has 2 heterocycles. The SMILES string of the molecule is COc1ccccc1C1=NC(c2ccc(S(C)(=O)=O)cc2)C(c2cccc(Cl)c2)N1C(=O)N1CCNC(=O)C1.